The van der Waals surface area contributed by atoms with Gasteiger partial charge in [-0.2, -0.15) is 0 Å². The molecule has 0 radical (unpaired) electrons. The van der Waals surface area contributed by atoms with Crippen LogP contribution in [0.25, 0.3) is 11.0 Å². The summed E-state index contributed by atoms with van der Waals surface area (Å²) in [6, 6.07) is 0. The maximum Gasteiger partial charge on any atom is 0.147 e. The summed E-state index contributed by atoms with van der Waals surface area (Å²) < 4.78 is 8.41. The van der Waals surface area contributed by atoms with E-state index < -0.39 is 0 Å². The van der Waals surface area contributed by atoms with Gasteiger partial charge in [0.1, 0.15) is 24.0 Å². The maximum atomic E-state index is 6.17. The molecule has 1 saturated heterocycles. The summed E-state index contributed by atoms with van der Waals surface area (Å²) in [4.78, 5) is 11.3. The van der Waals surface area contributed by atoms with E-state index >= 15 is 0 Å². The van der Waals surface area contributed by atoms with Gasteiger partial charge in [-0.3, -0.25) is 0 Å². The van der Waals surface area contributed by atoms with Gasteiger partial charge in [0.25, 0.3) is 0 Å². The van der Waals surface area contributed by atoms with Crippen LogP contribution in [-0.2, 0) is 11.2 Å². The fourth-order valence-electron chi connectivity index (χ4n) is 3.65. The summed E-state index contributed by atoms with van der Waals surface area (Å²) in [6.07, 6.45) is 10.0. The van der Waals surface area contributed by atoms with Crippen LogP contribution in [0.2, 0.25) is 0 Å². The van der Waals surface area contributed by atoms with E-state index in [1.807, 2.05) is 0 Å². The molecule has 0 spiro atoms. The zero-order chi connectivity index (χ0) is 14.4. The van der Waals surface area contributed by atoms with Crippen LogP contribution in [0.1, 0.15) is 44.4 Å². The number of ether oxygens (including phenoxy) is 1. The highest BCUT2D eigenvalue weighted by molar-refractivity contribution is 5.91. The maximum absolute atomic E-state index is 6.17. The minimum absolute atomic E-state index is 0.138. The SMILES string of the molecule is CCC1CC[C@H](n2cc3c4c(ncnc42)N(C)CCC3)O1. The monoisotopic (exact) mass is 286 g/mol. The van der Waals surface area contributed by atoms with E-state index in [2.05, 4.69) is 39.6 Å². The Morgan fingerprint density at radius 3 is 3.05 bits per heavy atom. The largest absolute Gasteiger partial charge is 0.359 e. The van der Waals surface area contributed by atoms with E-state index in [1.54, 1.807) is 6.33 Å². The Morgan fingerprint density at radius 1 is 1.33 bits per heavy atom. The van der Waals surface area contributed by atoms with E-state index in [9.17, 15) is 0 Å². The second kappa shape index (κ2) is 4.98. The molecule has 2 aliphatic rings. The zero-order valence-electron chi connectivity index (χ0n) is 12.7. The molecule has 21 heavy (non-hydrogen) atoms. The van der Waals surface area contributed by atoms with Crippen molar-refractivity contribution in [3.05, 3.63) is 18.1 Å². The molecule has 2 aromatic heterocycles. The normalized spacial score (nSPS) is 25.5. The van der Waals surface area contributed by atoms with Crippen LogP contribution in [0.15, 0.2) is 12.5 Å². The van der Waals surface area contributed by atoms with Gasteiger partial charge in [-0.15, -0.1) is 0 Å². The molecule has 5 nitrogen and oxygen atoms in total. The van der Waals surface area contributed by atoms with Crippen LogP contribution in [0.5, 0.6) is 0 Å². The van der Waals surface area contributed by atoms with E-state index in [0.29, 0.717) is 6.10 Å². The third kappa shape index (κ3) is 2.02. The smallest absolute Gasteiger partial charge is 0.147 e. The summed E-state index contributed by atoms with van der Waals surface area (Å²) in [5.41, 5.74) is 2.40. The Kier molecular flexibility index (Phi) is 3.10. The topological polar surface area (TPSA) is 43.2 Å². The fourth-order valence-corrected chi connectivity index (χ4v) is 3.65. The van der Waals surface area contributed by atoms with Crippen LogP contribution >= 0.6 is 0 Å². The lowest BCUT2D eigenvalue weighted by atomic mass is 10.1. The standard InChI is InChI=1S/C16H22N4O/c1-3-12-6-7-13(21-12)20-9-11-5-4-8-19(2)15-14(11)16(20)18-10-17-15/h9-10,12-13H,3-8H2,1-2H3/t12?,13-/m1/s1. The predicted octanol–water partition coefficient (Wildman–Crippen LogP) is 2.90. The van der Waals surface area contributed by atoms with Gasteiger partial charge >= 0.3 is 0 Å². The Labute approximate surface area is 124 Å². The summed E-state index contributed by atoms with van der Waals surface area (Å²) in [7, 11) is 2.12. The zero-order valence-corrected chi connectivity index (χ0v) is 12.7. The molecule has 112 valence electrons. The third-order valence-corrected chi connectivity index (χ3v) is 4.82. The van der Waals surface area contributed by atoms with Crippen LogP contribution in [-0.4, -0.2) is 34.2 Å². The van der Waals surface area contributed by atoms with E-state index in [1.165, 1.54) is 10.9 Å². The second-order valence-corrected chi connectivity index (χ2v) is 6.18. The molecule has 4 rings (SSSR count). The molecule has 0 N–H and O–H groups in total. The number of anilines is 1. The van der Waals surface area contributed by atoms with Crippen LogP contribution in [0.3, 0.4) is 0 Å². The van der Waals surface area contributed by atoms with Crippen molar-refractivity contribution >= 4 is 16.9 Å². The molecule has 0 aliphatic carbocycles. The molecule has 2 atom stereocenters. The molecular formula is C16H22N4O. The van der Waals surface area contributed by atoms with Gasteiger partial charge in [-0.25, -0.2) is 9.97 Å². The van der Waals surface area contributed by atoms with E-state index in [0.717, 1.165) is 50.1 Å². The lowest BCUT2D eigenvalue weighted by Gasteiger charge is -2.18. The summed E-state index contributed by atoms with van der Waals surface area (Å²) in [6.45, 7) is 3.25. The minimum Gasteiger partial charge on any atom is -0.359 e. The molecule has 1 fully saturated rings. The molecule has 0 saturated carbocycles. The first-order chi connectivity index (χ1) is 10.3. The Balaban J connectivity index is 1.83. The van der Waals surface area contributed by atoms with Crippen LogP contribution in [0.4, 0.5) is 5.82 Å². The molecule has 1 unspecified atom stereocenters. The van der Waals surface area contributed by atoms with Crippen molar-refractivity contribution in [2.75, 3.05) is 18.5 Å². The van der Waals surface area contributed by atoms with Crippen molar-refractivity contribution in [1.82, 2.24) is 14.5 Å². The van der Waals surface area contributed by atoms with Crippen LogP contribution in [0, 0.1) is 0 Å². The molecular weight excluding hydrogens is 264 g/mol. The number of nitrogens with zero attached hydrogens (tertiary/aromatic N) is 4. The highest BCUT2D eigenvalue weighted by atomic mass is 16.5. The minimum atomic E-state index is 0.138. The predicted molar refractivity (Wildman–Crippen MR) is 82.6 cm³/mol. The number of hydrogen-bond acceptors (Lipinski definition) is 4. The van der Waals surface area contributed by atoms with Crippen molar-refractivity contribution in [2.45, 2.75) is 51.4 Å². The highest BCUT2D eigenvalue weighted by Crippen LogP contribution is 2.37. The lowest BCUT2D eigenvalue weighted by molar-refractivity contribution is 0.00314. The molecule has 0 bridgehead atoms. The third-order valence-electron chi connectivity index (χ3n) is 4.82. The quantitative estimate of drug-likeness (QED) is 0.851. The van der Waals surface area contributed by atoms with Gasteiger partial charge in [-0.1, -0.05) is 6.92 Å². The number of rotatable bonds is 2. The molecule has 2 aromatic rings. The van der Waals surface area contributed by atoms with Crippen molar-refractivity contribution < 1.29 is 4.74 Å². The fraction of sp³-hybridized carbons (Fsp3) is 0.625. The van der Waals surface area contributed by atoms with Crippen molar-refractivity contribution in [2.24, 2.45) is 0 Å². The summed E-state index contributed by atoms with van der Waals surface area (Å²) in [5.74, 6) is 1.07. The number of hydrogen-bond donors (Lipinski definition) is 0. The first kappa shape index (κ1) is 13.1. The molecule has 0 aromatic carbocycles. The average molecular weight is 286 g/mol. The molecule has 5 heteroatoms. The first-order valence-electron chi connectivity index (χ1n) is 7.99. The van der Waals surface area contributed by atoms with Gasteiger partial charge in [0.2, 0.25) is 0 Å². The molecule has 4 heterocycles. The number of aryl methyl sites for hydroxylation is 1. The van der Waals surface area contributed by atoms with Crippen LogP contribution < -0.4 is 4.90 Å². The summed E-state index contributed by atoms with van der Waals surface area (Å²) in [5, 5.41) is 1.22. The van der Waals surface area contributed by atoms with E-state index in [4.69, 9.17) is 4.74 Å². The Hall–Kier alpha value is -1.62. The second-order valence-electron chi connectivity index (χ2n) is 6.18. The number of aromatic nitrogens is 3. The Bertz CT molecular complexity index is 666. The summed E-state index contributed by atoms with van der Waals surface area (Å²) >= 11 is 0. The van der Waals surface area contributed by atoms with Gasteiger partial charge in [-0.05, 0) is 37.7 Å². The van der Waals surface area contributed by atoms with Gasteiger partial charge in [0.15, 0.2) is 0 Å². The van der Waals surface area contributed by atoms with Gasteiger partial charge in [0, 0.05) is 19.8 Å². The van der Waals surface area contributed by atoms with Crippen molar-refractivity contribution in [3.63, 3.8) is 0 Å². The lowest BCUT2D eigenvalue weighted by Crippen LogP contribution is -2.19. The van der Waals surface area contributed by atoms with Gasteiger partial charge < -0.3 is 14.2 Å². The average Bonchev–Trinajstić information content (AvgIpc) is 3.07. The van der Waals surface area contributed by atoms with E-state index in [-0.39, 0.29) is 6.23 Å². The highest BCUT2D eigenvalue weighted by Gasteiger charge is 2.29. The molecule has 0 amide bonds. The Morgan fingerprint density at radius 2 is 2.24 bits per heavy atom. The van der Waals surface area contributed by atoms with Crippen molar-refractivity contribution in [1.29, 1.82) is 0 Å². The first-order valence-corrected chi connectivity index (χ1v) is 7.99. The van der Waals surface area contributed by atoms with Gasteiger partial charge in [0.05, 0.1) is 11.5 Å². The molecule has 2 aliphatic heterocycles. The van der Waals surface area contributed by atoms with Crippen molar-refractivity contribution in [3.8, 4) is 0 Å².